The Labute approximate surface area is 178 Å². The molecule has 9 heteroatoms. The van der Waals surface area contributed by atoms with Gasteiger partial charge in [-0.25, -0.2) is 4.79 Å². The lowest BCUT2D eigenvalue weighted by atomic mass is 9.77. The smallest absolute Gasteiger partial charge is 0.353 e. The molecule has 2 rings (SSSR count). The molecule has 2 N–H and O–H groups in total. The first-order chi connectivity index (χ1) is 13.4. The molecular weight excluding hydrogens is 408 g/mol. The van der Waals surface area contributed by atoms with E-state index in [0.29, 0.717) is 23.5 Å². The van der Waals surface area contributed by atoms with Crippen LogP contribution in [-0.4, -0.2) is 59.8 Å². The number of carbonyl (C=O) groups is 2. The minimum atomic E-state index is -2.10. The van der Waals surface area contributed by atoms with Gasteiger partial charge in [0.2, 0.25) is 5.91 Å². The zero-order valence-electron chi connectivity index (χ0n) is 18.1. The Balaban J connectivity index is 2.32. The van der Waals surface area contributed by atoms with Gasteiger partial charge in [0, 0.05) is 29.6 Å². The number of aliphatic carboxylic acids is 1. The third-order valence-electron chi connectivity index (χ3n) is 6.32. The lowest BCUT2D eigenvalue weighted by Gasteiger charge is -2.50. The Morgan fingerprint density at radius 3 is 2.52 bits per heavy atom. The van der Waals surface area contributed by atoms with Crippen LogP contribution >= 0.6 is 11.8 Å². The van der Waals surface area contributed by atoms with Gasteiger partial charge in [-0.3, -0.25) is 4.79 Å². The van der Waals surface area contributed by atoms with Gasteiger partial charge in [0.15, 0.2) is 8.32 Å². The zero-order valence-corrected chi connectivity index (χ0v) is 19.9. The lowest BCUT2D eigenvalue weighted by Crippen LogP contribution is -2.65. The van der Waals surface area contributed by atoms with E-state index in [0.717, 1.165) is 0 Å². The standard InChI is InChI=1S/C20H32N2O5SSi/c1-12(27-29(5,6)20(2,3)4)14-15-13(8-10-23)17(28-11-7-9-21)16(19(25)26)22(15)18(14)24/h12-15,23H,7-8,10-11H2,1-6H3,(H,25,26)/t12-,13-,14-,15-/m1/s1. The molecule has 0 aliphatic carbocycles. The first kappa shape index (κ1) is 23.9. The molecule has 29 heavy (non-hydrogen) atoms. The summed E-state index contributed by atoms with van der Waals surface area (Å²) in [6, 6.07) is 1.75. The van der Waals surface area contributed by atoms with E-state index in [4.69, 9.17) is 9.69 Å². The monoisotopic (exact) mass is 440 g/mol. The maximum absolute atomic E-state index is 13.0. The van der Waals surface area contributed by atoms with Crippen LogP contribution in [0.25, 0.3) is 0 Å². The number of nitriles is 1. The minimum Gasteiger partial charge on any atom is -0.477 e. The summed E-state index contributed by atoms with van der Waals surface area (Å²) in [5.74, 6) is -1.58. The van der Waals surface area contributed by atoms with Crippen LogP contribution < -0.4 is 0 Å². The van der Waals surface area contributed by atoms with Crippen molar-refractivity contribution in [2.45, 2.75) is 70.8 Å². The van der Waals surface area contributed by atoms with E-state index >= 15 is 0 Å². The highest BCUT2D eigenvalue weighted by Gasteiger charge is 2.61. The van der Waals surface area contributed by atoms with E-state index in [9.17, 15) is 19.8 Å². The molecule has 2 heterocycles. The van der Waals surface area contributed by atoms with Crippen LogP contribution in [0.5, 0.6) is 0 Å². The second kappa shape index (κ2) is 8.80. The van der Waals surface area contributed by atoms with Crippen LogP contribution in [0.2, 0.25) is 18.1 Å². The predicted octanol–water partition coefficient (Wildman–Crippen LogP) is 3.18. The minimum absolute atomic E-state index is 0.00327. The number of β-lactam (4-membered cyclic amide) rings is 1. The van der Waals surface area contributed by atoms with Crippen molar-refractivity contribution in [2.24, 2.45) is 11.8 Å². The Morgan fingerprint density at radius 2 is 2.03 bits per heavy atom. The molecule has 162 valence electrons. The number of aliphatic hydroxyl groups excluding tert-OH is 1. The van der Waals surface area contributed by atoms with Crippen LogP contribution in [0.4, 0.5) is 0 Å². The molecule has 0 unspecified atom stereocenters. The molecule has 0 bridgehead atoms. The molecule has 0 radical (unpaired) electrons. The molecule has 0 aromatic carbocycles. The number of amides is 1. The SMILES string of the molecule is C[C@@H](O[Si](C)(C)C(C)(C)C)[C@H]1C(=O)N2C(C(=O)O)=C(SCCC#N)[C@H](CCO)[C@H]12. The number of rotatable bonds is 9. The largest absolute Gasteiger partial charge is 0.477 e. The molecule has 0 saturated carbocycles. The van der Waals surface area contributed by atoms with Gasteiger partial charge < -0.3 is 19.5 Å². The lowest BCUT2D eigenvalue weighted by molar-refractivity contribution is -0.163. The van der Waals surface area contributed by atoms with Gasteiger partial charge in [-0.1, -0.05) is 20.8 Å². The fourth-order valence-corrected chi connectivity index (χ4v) is 6.53. The zero-order chi connectivity index (χ0) is 22.1. The highest BCUT2D eigenvalue weighted by atomic mass is 32.2. The van der Waals surface area contributed by atoms with E-state index in [1.54, 1.807) is 0 Å². The third kappa shape index (κ3) is 4.40. The molecular formula is C20H32N2O5SSi. The van der Waals surface area contributed by atoms with Gasteiger partial charge >= 0.3 is 5.97 Å². The first-order valence-corrected chi connectivity index (χ1v) is 13.9. The van der Waals surface area contributed by atoms with Crippen molar-refractivity contribution < 1.29 is 24.2 Å². The predicted molar refractivity (Wildman–Crippen MR) is 114 cm³/mol. The molecule has 1 saturated heterocycles. The number of hydrogen-bond acceptors (Lipinski definition) is 6. The van der Waals surface area contributed by atoms with Gasteiger partial charge in [0.25, 0.3) is 0 Å². The second-order valence-electron chi connectivity index (χ2n) is 9.20. The Morgan fingerprint density at radius 1 is 1.41 bits per heavy atom. The summed E-state index contributed by atoms with van der Waals surface area (Å²) in [6.45, 7) is 12.5. The van der Waals surface area contributed by atoms with Gasteiger partial charge in [-0.2, -0.15) is 5.26 Å². The number of carbonyl (C=O) groups excluding carboxylic acids is 1. The summed E-state index contributed by atoms with van der Waals surface area (Å²) in [5, 5.41) is 28.2. The molecule has 2 aliphatic heterocycles. The topological polar surface area (TPSA) is 111 Å². The number of aliphatic hydroxyl groups is 1. The van der Waals surface area contributed by atoms with Gasteiger partial charge in [0.1, 0.15) is 5.70 Å². The fraction of sp³-hybridized carbons (Fsp3) is 0.750. The number of fused-ring (bicyclic) bond motifs is 1. The molecule has 1 amide bonds. The Hall–Kier alpha value is -1.34. The number of carboxylic acid groups (broad SMARTS) is 1. The third-order valence-corrected chi connectivity index (χ3v) is 12.1. The quantitative estimate of drug-likeness (QED) is 0.322. The first-order valence-electron chi connectivity index (χ1n) is 9.98. The molecule has 1 fully saturated rings. The van der Waals surface area contributed by atoms with Crippen molar-refractivity contribution in [3.05, 3.63) is 10.6 Å². The van der Waals surface area contributed by atoms with E-state index < -0.39 is 20.2 Å². The normalized spacial score (nSPS) is 25.5. The van der Waals surface area contributed by atoms with E-state index in [1.807, 2.05) is 6.92 Å². The summed E-state index contributed by atoms with van der Waals surface area (Å²) >= 11 is 1.31. The maximum atomic E-state index is 13.0. The van der Waals surface area contributed by atoms with Gasteiger partial charge in [-0.15, -0.1) is 11.8 Å². The van der Waals surface area contributed by atoms with Crippen molar-refractivity contribution >= 4 is 32.0 Å². The van der Waals surface area contributed by atoms with Crippen LogP contribution in [0.1, 0.15) is 40.5 Å². The Kier molecular flexibility index (Phi) is 7.26. The summed E-state index contributed by atoms with van der Waals surface area (Å²) in [6.07, 6.45) is 0.341. The molecule has 7 nitrogen and oxygen atoms in total. The highest BCUT2D eigenvalue weighted by molar-refractivity contribution is 8.03. The molecule has 0 aromatic rings. The van der Waals surface area contributed by atoms with Gasteiger partial charge in [0.05, 0.1) is 24.1 Å². The van der Waals surface area contributed by atoms with Gasteiger partial charge in [-0.05, 0) is 31.5 Å². The summed E-state index contributed by atoms with van der Waals surface area (Å²) in [7, 11) is -2.10. The van der Waals surface area contributed by atoms with E-state index in [-0.39, 0.29) is 41.3 Å². The van der Waals surface area contributed by atoms with Crippen molar-refractivity contribution in [3.63, 3.8) is 0 Å². The van der Waals surface area contributed by atoms with Crippen LogP contribution in [0.3, 0.4) is 0 Å². The summed E-state index contributed by atoms with van der Waals surface area (Å²) in [5.41, 5.74) is 0.0113. The highest BCUT2D eigenvalue weighted by Crippen LogP contribution is 2.53. The van der Waals surface area contributed by atoms with E-state index in [1.165, 1.54) is 16.7 Å². The number of hydrogen-bond donors (Lipinski definition) is 2. The molecule has 2 aliphatic rings. The van der Waals surface area contributed by atoms with Crippen molar-refractivity contribution in [1.29, 1.82) is 5.26 Å². The Bertz CT molecular complexity index is 740. The van der Waals surface area contributed by atoms with Crippen LogP contribution in [0, 0.1) is 23.2 Å². The van der Waals surface area contributed by atoms with Crippen molar-refractivity contribution in [3.8, 4) is 6.07 Å². The average Bonchev–Trinajstić information content (AvgIpc) is 2.84. The summed E-state index contributed by atoms with van der Waals surface area (Å²) < 4.78 is 6.45. The van der Waals surface area contributed by atoms with E-state index in [2.05, 4.69) is 39.9 Å². The summed E-state index contributed by atoms with van der Waals surface area (Å²) in [4.78, 5) is 26.9. The average molecular weight is 441 g/mol. The molecule has 0 aromatic heterocycles. The maximum Gasteiger partial charge on any atom is 0.353 e. The molecule has 0 spiro atoms. The van der Waals surface area contributed by atoms with Crippen molar-refractivity contribution in [1.82, 2.24) is 4.90 Å². The van der Waals surface area contributed by atoms with Crippen molar-refractivity contribution in [2.75, 3.05) is 12.4 Å². The second-order valence-corrected chi connectivity index (χ2v) is 15.1. The number of thioether (sulfide) groups is 1. The van der Waals surface area contributed by atoms with Crippen LogP contribution in [-0.2, 0) is 14.0 Å². The fourth-order valence-electron chi connectivity index (χ4n) is 3.90. The molecule has 4 atom stereocenters. The van der Waals surface area contributed by atoms with Crippen LogP contribution in [0.15, 0.2) is 10.6 Å². The number of carboxylic acids is 1. The number of nitrogens with zero attached hydrogens (tertiary/aromatic N) is 2.